The summed E-state index contributed by atoms with van der Waals surface area (Å²) in [5, 5.41) is 0. The van der Waals surface area contributed by atoms with E-state index in [1.54, 1.807) is 24.3 Å². The van der Waals surface area contributed by atoms with Crippen molar-refractivity contribution in [3.05, 3.63) is 59.7 Å². The second kappa shape index (κ2) is 6.09. The first-order valence-electron chi connectivity index (χ1n) is 6.42. The third kappa shape index (κ3) is 3.39. The molecule has 0 atom stereocenters. The Kier molecular flexibility index (Phi) is 4.40. The van der Waals surface area contributed by atoms with Gasteiger partial charge in [0.25, 0.3) is 5.91 Å². The first-order chi connectivity index (χ1) is 10.3. The maximum Gasteiger partial charge on any atom is 0.416 e. The van der Waals surface area contributed by atoms with Crippen LogP contribution in [0.3, 0.4) is 0 Å². The van der Waals surface area contributed by atoms with E-state index in [0.29, 0.717) is 11.4 Å². The molecule has 0 aliphatic rings. The molecule has 0 aromatic heterocycles. The number of anilines is 1. The van der Waals surface area contributed by atoms with Crippen molar-refractivity contribution in [2.24, 2.45) is 0 Å². The lowest BCUT2D eigenvalue weighted by molar-refractivity contribution is -0.137. The third-order valence-corrected chi connectivity index (χ3v) is 3.18. The minimum Gasteiger partial charge on any atom is -0.497 e. The molecule has 3 nitrogen and oxygen atoms in total. The Morgan fingerprint density at radius 2 is 1.77 bits per heavy atom. The molecule has 0 bridgehead atoms. The molecule has 2 aromatic rings. The van der Waals surface area contributed by atoms with Crippen molar-refractivity contribution < 1.29 is 22.7 Å². The fraction of sp³-hybridized carbons (Fsp3) is 0.188. The number of carbonyl (C=O) groups excluding carboxylic acids is 1. The molecule has 116 valence electrons. The third-order valence-electron chi connectivity index (χ3n) is 3.18. The number of methoxy groups -OCH3 is 1. The van der Waals surface area contributed by atoms with E-state index in [1.807, 2.05) is 0 Å². The molecule has 0 fully saturated rings. The lowest BCUT2D eigenvalue weighted by Crippen LogP contribution is -2.26. The van der Waals surface area contributed by atoms with Crippen molar-refractivity contribution in [3.8, 4) is 5.75 Å². The van der Waals surface area contributed by atoms with E-state index in [9.17, 15) is 18.0 Å². The van der Waals surface area contributed by atoms with Crippen LogP contribution in [0.15, 0.2) is 48.5 Å². The van der Waals surface area contributed by atoms with Crippen LogP contribution in [-0.4, -0.2) is 20.1 Å². The number of nitrogens with zero attached hydrogens (tertiary/aromatic N) is 1. The van der Waals surface area contributed by atoms with Gasteiger partial charge in [0.2, 0.25) is 0 Å². The minimum absolute atomic E-state index is 0.0276. The number of benzene rings is 2. The molecular weight excluding hydrogens is 295 g/mol. The molecule has 0 spiro atoms. The van der Waals surface area contributed by atoms with Gasteiger partial charge in [-0.1, -0.05) is 12.1 Å². The number of hydrogen-bond donors (Lipinski definition) is 0. The summed E-state index contributed by atoms with van der Waals surface area (Å²) in [4.78, 5) is 13.6. The molecule has 0 N–H and O–H groups in total. The van der Waals surface area contributed by atoms with Crippen LogP contribution in [0.5, 0.6) is 5.75 Å². The fourth-order valence-electron chi connectivity index (χ4n) is 1.96. The summed E-state index contributed by atoms with van der Waals surface area (Å²) in [6.45, 7) is 0. The Bertz CT molecular complexity index is 683. The molecule has 0 saturated heterocycles. The zero-order valence-corrected chi connectivity index (χ0v) is 12.0. The van der Waals surface area contributed by atoms with Crippen LogP contribution in [0, 0.1) is 0 Å². The van der Waals surface area contributed by atoms with Crippen LogP contribution in [-0.2, 0) is 6.18 Å². The van der Waals surface area contributed by atoms with Crippen LogP contribution in [0.25, 0.3) is 0 Å². The molecule has 0 unspecified atom stereocenters. The van der Waals surface area contributed by atoms with Crippen molar-refractivity contribution in [1.82, 2.24) is 0 Å². The van der Waals surface area contributed by atoms with Gasteiger partial charge in [0.1, 0.15) is 5.75 Å². The first-order valence-corrected chi connectivity index (χ1v) is 6.42. The van der Waals surface area contributed by atoms with Gasteiger partial charge in [-0.15, -0.1) is 0 Å². The molecule has 0 aliphatic heterocycles. The van der Waals surface area contributed by atoms with Crippen molar-refractivity contribution >= 4 is 11.6 Å². The molecule has 0 radical (unpaired) electrons. The van der Waals surface area contributed by atoms with Gasteiger partial charge in [0.15, 0.2) is 0 Å². The summed E-state index contributed by atoms with van der Waals surface area (Å²) < 4.78 is 43.2. The standard InChI is InChI=1S/C16H14F3NO2/c1-20(13-7-4-8-14(10-13)22-2)15(21)11-5-3-6-12(9-11)16(17,18)19/h3-10H,1-2H3. The lowest BCUT2D eigenvalue weighted by Gasteiger charge is -2.18. The predicted octanol–water partition coefficient (Wildman–Crippen LogP) is 3.99. The van der Waals surface area contributed by atoms with Gasteiger partial charge >= 0.3 is 6.18 Å². The molecule has 0 aliphatic carbocycles. The van der Waals surface area contributed by atoms with E-state index in [-0.39, 0.29) is 5.56 Å². The van der Waals surface area contributed by atoms with E-state index in [0.717, 1.165) is 12.1 Å². The lowest BCUT2D eigenvalue weighted by atomic mass is 10.1. The Morgan fingerprint density at radius 3 is 2.41 bits per heavy atom. The van der Waals surface area contributed by atoms with Crippen molar-refractivity contribution in [3.63, 3.8) is 0 Å². The normalized spacial score (nSPS) is 11.1. The van der Waals surface area contributed by atoms with E-state index >= 15 is 0 Å². The number of halogens is 3. The smallest absolute Gasteiger partial charge is 0.416 e. The molecule has 2 rings (SSSR count). The molecule has 22 heavy (non-hydrogen) atoms. The van der Waals surface area contributed by atoms with Gasteiger partial charge in [-0.3, -0.25) is 4.79 Å². The summed E-state index contributed by atoms with van der Waals surface area (Å²) in [5.41, 5.74) is -0.348. The number of rotatable bonds is 3. The Balaban J connectivity index is 2.31. The average Bonchev–Trinajstić information content (AvgIpc) is 2.53. The van der Waals surface area contributed by atoms with Gasteiger partial charge in [0, 0.05) is 24.4 Å². The number of carbonyl (C=O) groups is 1. The molecule has 0 saturated carbocycles. The zero-order valence-electron chi connectivity index (χ0n) is 12.0. The van der Waals surface area contributed by atoms with Gasteiger partial charge in [-0.2, -0.15) is 13.2 Å². The highest BCUT2D eigenvalue weighted by Crippen LogP contribution is 2.30. The van der Waals surface area contributed by atoms with Crippen LogP contribution < -0.4 is 9.64 Å². The zero-order chi connectivity index (χ0) is 16.3. The quantitative estimate of drug-likeness (QED) is 0.858. The van der Waals surface area contributed by atoms with E-state index < -0.39 is 17.6 Å². The maximum absolute atomic E-state index is 12.7. The first kappa shape index (κ1) is 15.9. The second-order valence-corrected chi connectivity index (χ2v) is 4.64. The summed E-state index contributed by atoms with van der Waals surface area (Å²) in [6, 6.07) is 11.1. The average molecular weight is 309 g/mol. The number of ether oxygens (including phenoxy) is 1. The van der Waals surface area contributed by atoms with E-state index in [4.69, 9.17) is 4.74 Å². The maximum atomic E-state index is 12.7. The number of hydrogen-bond acceptors (Lipinski definition) is 2. The van der Waals surface area contributed by atoms with Gasteiger partial charge in [-0.05, 0) is 30.3 Å². The molecule has 6 heteroatoms. The van der Waals surface area contributed by atoms with E-state index in [1.165, 1.54) is 31.2 Å². The highest BCUT2D eigenvalue weighted by molar-refractivity contribution is 6.05. The topological polar surface area (TPSA) is 29.5 Å². The van der Waals surface area contributed by atoms with E-state index in [2.05, 4.69) is 0 Å². The van der Waals surface area contributed by atoms with Crippen molar-refractivity contribution in [2.45, 2.75) is 6.18 Å². The van der Waals surface area contributed by atoms with Crippen LogP contribution in [0.1, 0.15) is 15.9 Å². The summed E-state index contributed by atoms with van der Waals surface area (Å²) in [6.07, 6.45) is -4.48. The highest BCUT2D eigenvalue weighted by Gasteiger charge is 2.31. The summed E-state index contributed by atoms with van der Waals surface area (Å²) >= 11 is 0. The Labute approximate surface area is 125 Å². The SMILES string of the molecule is COc1cccc(N(C)C(=O)c2cccc(C(F)(F)F)c2)c1. The number of alkyl halides is 3. The molecule has 0 heterocycles. The summed E-state index contributed by atoms with van der Waals surface area (Å²) in [5.74, 6) is 0.0283. The Hall–Kier alpha value is -2.50. The van der Waals surface area contributed by atoms with Gasteiger partial charge in [-0.25, -0.2) is 0 Å². The molecule has 1 amide bonds. The monoisotopic (exact) mass is 309 g/mol. The van der Waals surface area contributed by atoms with Crippen LogP contribution >= 0.6 is 0 Å². The second-order valence-electron chi connectivity index (χ2n) is 4.64. The van der Waals surface area contributed by atoms with Crippen LogP contribution in [0.4, 0.5) is 18.9 Å². The highest BCUT2D eigenvalue weighted by atomic mass is 19.4. The predicted molar refractivity (Wildman–Crippen MR) is 77.2 cm³/mol. The fourth-order valence-corrected chi connectivity index (χ4v) is 1.96. The van der Waals surface area contributed by atoms with Crippen LogP contribution in [0.2, 0.25) is 0 Å². The Morgan fingerprint density at radius 1 is 1.09 bits per heavy atom. The molecule has 2 aromatic carbocycles. The minimum atomic E-state index is -4.48. The van der Waals surface area contributed by atoms with Crippen molar-refractivity contribution in [1.29, 1.82) is 0 Å². The van der Waals surface area contributed by atoms with Crippen molar-refractivity contribution in [2.75, 3.05) is 19.1 Å². The van der Waals surface area contributed by atoms with Gasteiger partial charge < -0.3 is 9.64 Å². The number of amides is 1. The largest absolute Gasteiger partial charge is 0.497 e. The molecular formula is C16H14F3NO2. The van der Waals surface area contributed by atoms with Gasteiger partial charge in [0.05, 0.1) is 12.7 Å². The summed E-state index contributed by atoms with van der Waals surface area (Å²) in [7, 11) is 2.99.